The summed E-state index contributed by atoms with van der Waals surface area (Å²) in [6.45, 7) is 1.01. The Kier molecular flexibility index (Phi) is 3.15. The zero-order valence-electron chi connectivity index (χ0n) is 8.83. The number of H-pyrrole nitrogens is 1. The first-order chi connectivity index (χ1) is 7.42. The van der Waals surface area contributed by atoms with Gasteiger partial charge in [0.05, 0.1) is 11.7 Å². The van der Waals surface area contributed by atoms with Gasteiger partial charge in [0, 0.05) is 5.39 Å². The van der Waals surface area contributed by atoms with Crippen LogP contribution in [0.25, 0.3) is 17.0 Å². The fraction of sp³-hybridized carbons (Fsp3) is 0.250. The molecule has 0 fully saturated rings. The number of fused-ring (bicyclic) bond motifs is 1. The highest BCUT2D eigenvalue weighted by Gasteiger charge is 1.97. The summed E-state index contributed by atoms with van der Waals surface area (Å²) in [5.41, 5.74) is 2.31. The minimum Gasteiger partial charge on any atom is -0.319 e. The topological polar surface area (TPSA) is 40.7 Å². The summed E-state index contributed by atoms with van der Waals surface area (Å²) in [6.07, 6.45) is 7.24. The number of aromatic nitrogens is 2. The molecule has 0 atom stereocenters. The van der Waals surface area contributed by atoms with E-state index in [9.17, 15) is 0 Å². The molecule has 0 unspecified atom stereocenters. The molecule has 0 aliphatic rings. The molecule has 0 aliphatic heterocycles. The smallest absolute Gasteiger partial charge is 0.0656 e. The molecule has 1 aromatic heterocycles. The Morgan fingerprint density at radius 1 is 1.47 bits per heavy atom. The molecular formula is C12H15N3. The monoisotopic (exact) mass is 201 g/mol. The average molecular weight is 201 g/mol. The van der Waals surface area contributed by atoms with Crippen molar-refractivity contribution in [2.45, 2.75) is 6.42 Å². The Bertz CT molecular complexity index is 457. The molecule has 0 bridgehead atoms. The first-order valence-electron chi connectivity index (χ1n) is 5.15. The molecule has 1 aromatic carbocycles. The molecule has 0 amide bonds. The number of nitrogens with one attached hydrogen (secondary N) is 2. The van der Waals surface area contributed by atoms with Crippen LogP contribution in [0.3, 0.4) is 0 Å². The van der Waals surface area contributed by atoms with Gasteiger partial charge in [0.1, 0.15) is 0 Å². The number of hydrogen-bond donors (Lipinski definition) is 2. The molecule has 3 heteroatoms. The number of hydrogen-bond acceptors (Lipinski definition) is 2. The van der Waals surface area contributed by atoms with Gasteiger partial charge in [-0.1, -0.05) is 24.3 Å². The van der Waals surface area contributed by atoms with E-state index in [1.54, 1.807) is 0 Å². The number of aromatic amines is 1. The van der Waals surface area contributed by atoms with Crippen molar-refractivity contribution in [1.29, 1.82) is 0 Å². The van der Waals surface area contributed by atoms with Crippen LogP contribution in [0.1, 0.15) is 12.0 Å². The Morgan fingerprint density at radius 3 is 3.27 bits per heavy atom. The molecule has 0 aliphatic carbocycles. The highest BCUT2D eigenvalue weighted by Crippen LogP contribution is 2.17. The van der Waals surface area contributed by atoms with Crippen molar-refractivity contribution in [3.05, 3.63) is 36.0 Å². The summed E-state index contributed by atoms with van der Waals surface area (Å²) in [6, 6.07) is 6.18. The van der Waals surface area contributed by atoms with E-state index < -0.39 is 0 Å². The van der Waals surface area contributed by atoms with Crippen molar-refractivity contribution in [3.8, 4) is 0 Å². The molecule has 2 aromatic rings. The van der Waals surface area contributed by atoms with Crippen molar-refractivity contribution >= 4 is 17.0 Å². The van der Waals surface area contributed by atoms with E-state index >= 15 is 0 Å². The summed E-state index contributed by atoms with van der Waals surface area (Å²) in [5, 5.41) is 11.3. The minimum atomic E-state index is 1.01. The minimum absolute atomic E-state index is 1.01. The van der Waals surface area contributed by atoms with Gasteiger partial charge in [0.25, 0.3) is 0 Å². The summed E-state index contributed by atoms with van der Waals surface area (Å²) >= 11 is 0. The third kappa shape index (κ3) is 2.25. The lowest BCUT2D eigenvalue weighted by Gasteiger charge is -1.96. The summed E-state index contributed by atoms with van der Waals surface area (Å²) in [4.78, 5) is 0. The molecule has 2 rings (SSSR count). The van der Waals surface area contributed by atoms with Crippen LogP contribution in [0.2, 0.25) is 0 Å². The van der Waals surface area contributed by atoms with Gasteiger partial charge >= 0.3 is 0 Å². The SMILES string of the molecule is CNCCC=Cc1cccc2[nH]ncc12. The summed E-state index contributed by atoms with van der Waals surface area (Å²) < 4.78 is 0. The molecule has 2 N–H and O–H groups in total. The van der Waals surface area contributed by atoms with Gasteiger partial charge in [-0.15, -0.1) is 0 Å². The first-order valence-corrected chi connectivity index (χ1v) is 5.15. The molecule has 78 valence electrons. The van der Waals surface area contributed by atoms with Gasteiger partial charge < -0.3 is 5.32 Å². The van der Waals surface area contributed by atoms with E-state index in [4.69, 9.17) is 0 Å². The predicted molar refractivity (Wildman–Crippen MR) is 63.7 cm³/mol. The Balaban J connectivity index is 2.20. The van der Waals surface area contributed by atoms with Crippen LogP contribution in [0.5, 0.6) is 0 Å². The van der Waals surface area contributed by atoms with Gasteiger partial charge in [-0.25, -0.2) is 0 Å². The zero-order chi connectivity index (χ0) is 10.5. The van der Waals surface area contributed by atoms with E-state index in [1.807, 2.05) is 25.4 Å². The quantitative estimate of drug-likeness (QED) is 0.744. The van der Waals surface area contributed by atoms with Crippen molar-refractivity contribution in [1.82, 2.24) is 15.5 Å². The second kappa shape index (κ2) is 4.75. The summed E-state index contributed by atoms with van der Waals surface area (Å²) in [5.74, 6) is 0. The van der Waals surface area contributed by atoms with Gasteiger partial charge in [-0.05, 0) is 31.6 Å². The second-order valence-corrected chi connectivity index (χ2v) is 3.47. The molecule has 0 saturated carbocycles. The third-order valence-corrected chi connectivity index (χ3v) is 2.38. The van der Waals surface area contributed by atoms with E-state index in [2.05, 4.69) is 33.7 Å². The standard InChI is InChI=1S/C12H15N3/c1-13-8-3-2-5-10-6-4-7-12-11(10)9-14-15-12/h2,4-7,9,13H,3,8H2,1H3,(H,14,15). The van der Waals surface area contributed by atoms with E-state index in [0.717, 1.165) is 18.5 Å². The van der Waals surface area contributed by atoms with E-state index in [0.29, 0.717) is 0 Å². The van der Waals surface area contributed by atoms with Crippen LogP contribution in [0.15, 0.2) is 30.5 Å². The number of rotatable bonds is 4. The molecule has 15 heavy (non-hydrogen) atoms. The Morgan fingerprint density at radius 2 is 2.40 bits per heavy atom. The first kappa shape index (κ1) is 9.93. The van der Waals surface area contributed by atoms with Gasteiger partial charge in [-0.3, -0.25) is 5.10 Å². The highest BCUT2D eigenvalue weighted by molar-refractivity contribution is 5.87. The maximum absolute atomic E-state index is 4.04. The van der Waals surface area contributed by atoms with Crippen molar-refractivity contribution < 1.29 is 0 Å². The normalized spacial score (nSPS) is 11.5. The fourth-order valence-electron chi connectivity index (χ4n) is 1.57. The molecule has 0 radical (unpaired) electrons. The van der Waals surface area contributed by atoms with Crippen LogP contribution < -0.4 is 5.32 Å². The van der Waals surface area contributed by atoms with Gasteiger partial charge in [0.15, 0.2) is 0 Å². The molecule has 3 nitrogen and oxygen atoms in total. The molecule has 0 saturated heterocycles. The van der Waals surface area contributed by atoms with Crippen molar-refractivity contribution in [2.75, 3.05) is 13.6 Å². The van der Waals surface area contributed by atoms with Crippen LogP contribution in [0.4, 0.5) is 0 Å². The zero-order valence-corrected chi connectivity index (χ0v) is 8.83. The highest BCUT2D eigenvalue weighted by atomic mass is 15.1. The number of nitrogens with zero attached hydrogens (tertiary/aromatic N) is 1. The van der Waals surface area contributed by atoms with E-state index in [-0.39, 0.29) is 0 Å². The lowest BCUT2D eigenvalue weighted by atomic mass is 10.1. The Labute approximate surface area is 89.2 Å². The maximum atomic E-state index is 4.04. The van der Waals surface area contributed by atoms with Crippen LogP contribution in [-0.4, -0.2) is 23.8 Å². The second-order valence-electron chi connectivity index (χ2n) is 3.47. The molecular weight excluding hydrogens is 186 g/mol. The molecule has 1 heterocycles. The lowest BCUT2D eigenvalue weighted by Crippen LogP contribution is -2.05. The van der Waals surface area contributed by atoms with Gasteiger partial charge in [-0.2, -0.15) is 5.10 Å². The summed E-state index contributed by atoms with van der Waals surface area (Å²) in [7, 11) is 1.96. The predicted octanol–water partition coefficient (Wildman–Crippen LogP) is 2.19. The largest absolute Gasteiger partial charge is 0.319 e. The maximum Gasteiger partial charge on any atom is 0.0656 e. The van der Waals surface area contributed by atoms with Crippen LogP contribution in [-0.2, 0) is 0 Å². The van der Waals surface area contributed by atoms with Gasteiger partial charge in [0.2, 0.25) is 0 Å². The van der Waals surface area contributed by atoms with Crippen LogP contribution >= 0.6 is 0 Å². The molecule has 0 spiro atoms. The van der Waals surface area contributed by atoms with Crippen LogP contribution in [0, 0.1) is 0 Å². The van der Waals surface area contributed by atoms with Crippen molar-refractivity contribution in [3.63, 3.8) is 0 Å². The van der Waals surface area contributed by atoms with Crippen molar-refractivity contribution in [2.24, 2.45) is 0 Å². The van der Waals surface area contributed by atoms with E-state index in [1.165, 1.54) is 10.9 Å². The fourth-order valence-corrected chi connectivity index (χ4v) is 1.57. The number of benzene rings is 1. The lowest BCUT2D eigenvalue weighted by molar-refractivity contribution is 0.809. The average Bonchev–Trinajstić information content (AvgIpc) is 2.73. The third-order valence-electron chi connectivity index (χ3n) is 2.38. The Hall–Kier alpha value is -1.61.